The quantitative estimate of drug-likeness (QED) is 0.876. The van der Waals surface area contributed by atoms with Gasteiger partial charge in [-0.25, -0.2) is 0 Å². The van der Waals surface area contributed by atoms with Crippen LogP contribution in [0.15, 0.2) is 42.5 Å². The lowest BCUT2D eigenvalue weighted by Crippen LogP contribution is -2.34. The van der Waals surface area contributed by atoms with Gasteiger partial charge in [0, 0.05) is 30.9 Å². The summed E-state index contributed by atoms with van der Waals surface area (Å²) in [7, 11) is 0. The zero-order chi connectivity index (χ0) is 14.9. The molecule has 4 rings (SSSR count). The van der Waals surface area contributed by atoms with Crippen molar-refractivity contribution >= 4 is 11.6 Å². The van der Waals surface area contributed by atoms with Gasteiger partial charge in [0.2, 0.25) is 0 Å². The van der Waals surface area contributed by atoms with Crippen LogP contribution in [0.2, 0.25) is 0 Å². The zero-order valence-corrected chi connectivity index (χ0v) is 12.6. The molecule has 1 amide bonds. The molecule has 1 aliphatic heterocycles. The van der Waals surface area contributed by atoms with Gasteiger partial charge in [0.1, 0.15) is 0 Å². The van der Waals surface area contributed by atoms with Crippen LogP contribution in [0, 0.1) is 0 Å². The minimum atomic E-state index is 0.117. The summed E-state index contributed by atoms with van der Waals surface area (Å²) in [5, 5.41) is 3.39. The first-order valence-corrected chi connectivity index (χ1v) is 8.05. The maximum atomic E-state index is 13.0. The topological polar surface area (TPSA) is 32.3 Å². The lowest BCUT2D eigenvalue weighted by atomic mass is 10.0. The van der Waals surface area contributed by atoms with Gasteiger partial charge >= 0.3 is 0 Å². The average molecular weight is 292 g/mol. The van der Waals surface area contributed by atoms with Crippen LogP contribution in [0.1, 0.15) is 33.5 Å². The van der Waals surface area contributed by atoms with Crippen LogP contribution in [0.3, 0.4) is 0 Å². The van der Waals surface area contributed by atoms with E-state index >= 15 is 0 Å². The molecule has 3 heteroatoms. The summed E-state index contributed by atoms with van der Waals surface area (Å²) in [4.78, 5) is 14.9. The first-order valence-electron chi connectivity index (χ1n) is 8.05. The molecule has 0 saturated carbocycles. The maximum absolute atomic E-state index is 13.0. The Morgan fingerprint density at radius 3 is 2.82 bits per heavy atom. The van der Waals surface area contributed by atoms with E-state index in [1.165, 1.54) is 23.1 Å². The number of anilines is 1. The van der Waals surface area contributed by atoms with Gasteiger partial charge in [0.15, 0.2) is 0 Å². The van der Waals surface area contributed by atoms with Crippen LogP contribution in [0.4, 0.5) is 5.69 Å². The van der Waals surface area contributed by atoms with Crippen molar-refractivity contribution in [2.24, 2.45) is 0 Å². The number of para-hydroxylation sites is 1. The van der Waals surface area contributed by atoms with Gasteiger partial charge < -0.3 is 10.2 Å². The standard InChI is InChI=1S/C19H20N2O/c22-19(16-9-8-14-5-3-6-15(14)12-16)21-11-10-20-13-17-4-1-2-7-18(17)21/h1-2,4,7-9,12,20H,3,5-6,10-11,13H2. The first-order chi connectivity index (χ1) is 10.8. The predicted octanol–water partition coefficient (Wildman–Crippen LogP) is 2.93. The Balaban J connectivity index is 1.70. The Labute approximate surface area is 131 Å². The van der Waals surface area contributed by atoms with Crippen LogP contribution < -0.4 is 10.2 Å². The number of nitrogens with one attached hydrogen (secondary N) is 1. The largest absolute Gasteiger partial charge is 0.311 e. The van der Waals surface area contributed by atoms with Gasteiger partial charge in [-0.05, 0) is 54.2 Å². The molecule has 2 aromatic rings. The first kappa shape index (κ1) is 13.5. The predicted molar refractivity (Wildman–Crippen MR) is 88.3 cm³/mol. The minimum absolute atomic E-state index is 0.117. The van der Waals surface area contributed by atoms with Crippen molar-refractivity contribution in [3.05, 3.63) is 64.7 Å². The van der Waals surface area contributed by atoms with E-state index in [9.17, 15) is 4.79 Å². The number of hydrogen-bond donors (Lipinski definition) is 1. The van der Waals surface area contributed by atoms with E-state index in [1.54, 1.807) is 0 Å². The van der Waals surface area contributed by atoms with Gasteiger partial charge in [-0.15, -0.1) is 0 Å². The third kappa shape index (κ3) is 2.32. The lowest BCUT2D eigenvalue weighted by molar-refractivity contribution is 0.0987. The van der Waals surface area contributed by atoms with Gasteiger partial charge in [-0.3, -0.25) is 4.79 Å². The fourth-order valence-corrected chi connectivity index (χ4v) is 3.53. The molecule has 2 aromatic carbocycles. The number of hydrogen-bond acceptors (Lipinski definition) is 2. The molecule has 1 heterocycles. The summed E-state index contributed by atoms with van der Waals surface area (Å²) < 4.78 is 0. The molecular weight excluding hydrogens is 272 g/mol. The van der Waals surface area contributed by atoms with Crippen LogP contribution in [0.5, 0.6) is 0 Å². The smallest absolute Gasteiger partial charge is 0.258 e. The number of carbonyl (C=O) groups is 1. The third-order valence-electron chi connectivity index (χ3n) is 4.70. The molecule has 0 atom stereocenters. The van der Waals surface area contributed by atoms with Crippen molar-refractivity contribution in [2.45, 2.75) is 25.8 Å². The molecule has 3 nitrogen and oxygen atoms in total. The van der Waals surface area contributed by atoms with Crippen molar-refractivity contribution in [3.63, 3.8) is 0 Å². The van der Waals surface area contributed by atoms with Gasteiger partial charge in [-0.1, -0.05) is 24.3 Å². The molecule has 0 saturated heterocycles. The average Bonchev–Trinajstić information content (AvgIpc) is 2.92. The lowest BCUT2D eigenvalue weighted by Gasteiger charge is -2.23. The number of amides is 1. The fraction of sp³-hybridized carbons (Fsp3) is 0.316. The Morgan fingerprint density at radius 2 is 1.86 bits per heavy atom. The van der Waals surface area contributed by atoms with Crippen LogP contribution in [-0.4, -0.2) is 19.0 Å². The van der Waals surface area contributed by atoms with Crippen molar-refractivity contribution in [1.29, 1.82) is 0 Å². The maximum Gasteiger partial charge on any atom is 0.258 e. The number of rotatable bonds is 1. The normalized spacial score (nSPS) is 16.8. The van der Waals surface area contributed by atoms with Crippen LogP contribution >= 0.6 is 0 Å². The molecular formula is C19H20N2O. The highest BCUT2D eigenvalue weighted by Crippen LogP contribution is 2.27. The van der Waals surface area contributed by atoms with E-state index in [-0.39, 0.29) is 5.91 Å². The number of carbonyl (C=O) groups excluding carboxylic acids is 1. The SMILES string of the molecule is O=C(c1ccc2c(c1)CCC2)N1CCNCc2ccccc21. The molecule has 1 N–H and O–H groups in total. The molecule has 2 aliphatic rings. The Bertz CT molecular complexity index is 723. The zero-order valence-electron chi connectivity index (χ0n) is 12.6. The van der Waals surface area contributed by atoms with Crippen LogP contribution in [-0.2, 0) is 19.4 Å². The van der Waals surface area contributed by atoms with Crippen molar-refractivity contribution < 1.29 is 4.79 Å². The van der Waals surface area contributed by atoms with Gasteiger partial charge in [0.05, 0.1) is 0 Å². The highest BCUT2D eigenvalue weighted by Gasteiger charge is 2.23. The van der Waals surface area contributed by atoms with Crippen molar-refractivity contribution in [1.82, 2.24) is 5.32 Å². The Kier molecular flexibility index (Phi) is 3.43. The Hall–Kier alpha value is -2.13. The summed E-state index contributed by atoms with van der Waals surface area (Å²) in [6, 6.07) is 14.4. The van der Waals surface area contributed by atoms with E-state index in [2.05, 4.69) is 23.5 Å². The fourth-order valence-electron chi connectivity index (χ4n) is 3.53. The summed E-state index contributed by atoms with van der Waals surface area (Å²) in [5.74, 6) is 0.117. The number of benzene rings is 2. The molecule has 22 heavy (non-hydrogen) atoms. The molecule has 0 radical (unpaired) electrons. The number of fused-ring (bicyclic) bond motifs is 2. The second-order valence-corrected chi connectivity index (χ2v) is 6.10. The number of nitrogens with zero attached hydrogens (tertiary/aromatic N) is 1. The Morgan fingerprint density at radius 1 is 1.00 bits per heavy atom. The molecule has 0 unspecified atom stereocenters. The second-order valence-electron chi connectivity index (χ2n) is 6.10. The molecule has 0 aromatic heterocycles. The van der Waals surface area contributed by atoms with E-state index in [1.807, 2.05) is 29.2 Å². The van der Waals surface area contributed by atoms with E-state index in [4.69, 9.17) is 0 Å². The van der Waals surface area contributed by atoms with E-state index < -0.39 is 0 Å². The number of aryl methyl sites for hydroxylation is 2. The van der Waals surface area contributed by atoms with E-state index in [0.29, 0.717) is 6.54 Å². The highest BCUT2D eigenvalue weighted by molar-refractivity contribution is 6.06. The van der Waals surface area contributed by atoms with E-state index in [0.717, 1.165) is 37.2 Å². The monoisotopic (exact) mass is 292 g/mol. The summed E-state index contributed by atoms with van der Waals surface area (Å²) in [6.45, 7) is 2.36. The van der Waals surface area contributed by atoms with Crippen molar-refractivity contribution in [3.8, 4) is 0 Å². The van der Waals surface area contributed by atoms with Gasteiger partial charge in [-0.2, -0.15) is 0 Å². The summed E-state index contributed by atoms with van der Waals surface area (Å²) in [6.07, 6.45) is 3.47. The molecule has 0 spiro atoms. The summed E-state index contributed by atoms with van der Waals surface area (Å²) in [5.41, 5.74) is 5.81. The third-order valence-corrected chi connectivity index (χ3v) is 4.70. The molecule has 112 valence electrons. The molecule has 1 aliphatic carbocycles. The van der Waals surface area contributed by atoms with Gasteiger partial charge in [0.25, 0.3) is 5.91 Å². The minimum Gasteiger partial charge on any atom is -0.311 e. The van der Waals surface area contributed by atoms with Crippen molar-refractivity contribution in [2.75, 3.05) is 18.0 Å². The highest BCUT2D eigenvalue weighted by atomic mass is 16.2. The molecule has 0 fully saturated rings. The second kappa shape index (κ2) is 5.58. The van der Waals surface area contributed by atoms with Crippen LogP contribution in [0.25, 0.3) is 0 Å². The molecule has 0 bridgehead atoms. The summed E-state index contributed by atoms with van der Waals surface area (Å²) >= 11 is 0.